The molecule has 2 amide bonds. The summed E-state index contributed by atoms with van der Waals surface area (Å²) >= 11 is 0. The van der Waals surface area contributed by atoms with E-state index in [9.17, 15) is 9.59 Å². The van der Waals surface area contributed by atoms with E-state index in [2.05, 4.69) is 22.1 Å². The lowest BCUT2D eigenvalue weighted by molar-refractivity contribution is -0.124. The van der Waals surface area contributed by atoms with Crippen molar-refractivity contribution in [3.05, 3.63) is 60.2 Å². The zero-order valence-corrected chi connectivity index (χ0v) is 16.0. The predicted molar refractivity (Wildman–Crippen MR) is 111 cm³/mol. The number of benzene rings is 2. The first kappa shape index (κ1) is 18.2. The molecule has 0 unspecified atom stereocenters. The fourth-order valence-corrected chi connectivity index (χ4v) is 3.66. The Bertz CT molecular complexity index is 902. The number of para-hydroxylation sites is 1. The van der Waals surface area contributed by atoms with Crippen LogP contribution >= 0.6 is 0 Å². The lowest BCUT2D eigenvalue weighted by atomic mass is 10.1. The molecule has 1 saturated heterocycles. The van der Waals surface area contributed by atoms with Crippen molar-refractivity contribution < 1.29 is 9.59 Å². The second-order valence-corrected chi connectivity index (χ2v) is 7.21. The van der Waals surface area contributed by atoms with Crippen LogP contribution in [0, 0.1) is 6.92 Å². The summed E-state index contributed by atoms with van der Waals surface area (Å²) in [6.45, 7) is 4.88. The molecule has 1 fully saturated rings. The number of rotatable bonds is 3. The molecule has 2 aromatic carbocycles. The molecule has 6 nitrogen and oxygen atoms in total. The topological polar surface area (TPSA) is 56.2 Å². The number of nitrogens with zero attached hydrogens (tertiary/aromatic N) is 4. The summed E-state index contributed by atoms with van der Waals surface area (Å²) in [5.41, 5.74) is 3.41. The number of amides is 2. The van der Waals surface area contributed by atoms with E-state index in [1.807, 2.05) is 54.3 Å². The van der Waals surface area contributed by atoms with Crippen LogP contribution in [0.5, 0.6) is 0 Å². The fraction of sp³-hybridized carbons (Fsp3) is 0.318. The number of carbonyl (C=O) groups is 2. The highest BCUT2D eigenvalue weighted by atomic mass is 16.2. The Labute approximate surface area is 165 Å². The zero-order chi connectivity index (χ0) is 19.5. The van der Waals surface area contributed by atoms with Gasteiger partial charge in [-0.15, -0.1) is 0 Å². The van der Waals surface area contributed by atoms with Crippen molar-refractivity contribution in [1.82, 2.24) is 4.90 Å². The molecule has 28 heavy (non-hydrogen) atoms. The first-order chi connectivity index (χ1) is 13.6. The largest absolute Gasteiger partial charge is 0.368 e. The molecule has 0 aromatic heterocycles. The smallest absolute Gasteiger partial charge is 0.270 e. The Balaban J connectivity index is 1.46. The Hall–Kier alpha value is -3.15. The van der Waals surface area contributed by atoms with Crippen LogP contribution in [0.2, 0.25) is 0 Å². The van der Waals surface area contributed by atoms with Crippen LogP contribution in [0.1, 0.15) is 18.4 Å². The molecule has 2 aliphatic rings. The molecule has 0 N–H and O–H groups in total. The number of hydrogen-bond donors (Lipinski definition) is 0. The van der Waals surface area contributed by atoms with Crippen LogP contribution < -0.4 is 9.91 Å². The first-order valence-electron chi connectivity index (χ1n) is 9.68. The minimum absolute atomic E-state index is 0.0575. The van der Waals surface area contributed by atoms with Gasteiger partial charge in [-0.2, -0.15) is 5.10 Å². The lowest BCUT2D eigenvalue weighted by Gasteiger charge is -2.36. The van der Waals surface area contributed by atoms with E-state index in [0.29, 0.717) is 37.3 Å². The SMILES string of the molecule is Cc1cccc(N2N=C(C(=O)N3CCN(c4ccccc4)CC3)CCC2=O)c1. The summed E-state index contributed by atoms with van der Waals surface area (Å²) in [7, 11) is 0. The molecule has 0 atom stereocenters. The molecular weight excluding hydrogens is 352 g/mol. The number of hydrogen-bond acceptors (Lipinski definition) is 4. The molecular formula is C22H24N4O2. The maximum Gasteiger partial charge on any atom is 0.270 e. The molecule has 0 saturated carbocycles. The van der Waals surface area contributed by atoms with Crippen molar-refractivity contribution in [1.29, 1.82) is 0 Å². The highest BCUT2D eigenvalue weighted by Gasteiger charge is 2.30. The van der Waals surface area contributed by atoms with Gasteiger partial charge < -0.3 is 9.80 Å². The van der Waals surface area contributed by atoms with Crippen LogP contribution in [0.15, 0.2) is 59.7 Å². The molecule has 144 valence electrons. The van der Waals surface area contributed by atoms with Gasteiger partial charge in [0.15, 0.2) is 0 Å². The third-order valence-corrected chi connectivity index (χ3v) is 5.21. The highest BCUT2D eigenvalue weighted by molar-refractivity contribution is 6.40. The van der Waals surface area contributed by atoms with Crippen molar-refractivity contribution in [3.63, 3.8) is 0 Å². The second-order valence-electron chi connectivity index (χ2n) is 7.21. The van der Waals surface area contributed by atoms with E-state index in [4.69, 9.17) is 0 Å². The van der Waals surface area contributed by atoms with Gasteiger partial charge in [0, 0.05) is 44.7 Å². The minimum Gasteiger partial charge on any atom is -0.368 e. The van der Waals surface area contributed by atoms with Crippen molar-refractivity contribution >= 4 is 28.9 Å². The standard InChI is InChI=1S/C22H24N4O2/c1-17-6-5-9-19(16-17)26-21(27)11-10-20(23-26)22(28)25-14-12-24(13-15-25)18-7-3-2-4-8-18/h2-9,16H,10-15H2,1H3. The minimum atomic E-state index is -0.0731. The van der Waals surface area contributed by atoms with Crippen LogP contribution in [0.4, 0.5) is 11.4 Å². The van der Waals surface area contributed by atoms with Crippen LogP contribution in [-0.2, 0) is 9.59 Å². The van der Waals surface area contributed by atoms with Gasteiger partial charge >= 0.3 is 0 Å². The molecule has 2 aliphatic heterocycles. The predicted octanol–water partition coefficient (Wildman–Crippen LogP) is 2.83. The van der Waals surface area contributed by atoms with Crippen LogP contribution in [-0.4, -0.2) is 48.6 Å². The monoisotopic (exact) mass is 376 g/mol. The Morgan fingerprint density at radius 1 is 0.893 bits per heavy atom. The van der Waals surface area contributed by atoms with Gasteiger partial charge in [-0.1, -0.05) is 30.3 Å². The number of anilines is 2. The molecule has 6 heteroatoms. The number of aryl methyl sites for hydroxylation is 1. The summed E-state index contributed by atoms with van der Waals surface area (Å²) in [4.78, 5) is 29.5. The average Bonchev–Trinajstić information content (AvgIpc) is 2.74. The van der Waals surface area contributed by atoms with Gasteiger partial charge in [0.2, 0.25) is 5.91 Å². The van der Waals surface area contributed by atoms with Gasteiger partial charge in [-0.25, -0.2) is 5.01 Å². The fourth-order valence-electron chi connectivity index (χ4n) is 3.66. The number of carbonyl (C=O) groups excluding carboxylic acids is 2. The first-order valence-corrected chi connectivity index (χ1v) is 9.68. The van der Waals surface area contributed by atoms with Gasteiger partial charge in [0.05, 0.1) is 5.69 Å². The van der Waals surface area contributed by atoms with Crippen molar-refractivity contribution in [2.24, 2.45) is 5.10 Å². The van der Waals surface area contributed by atoms with Crippen LogP contribution in [0.3, 0.4) is 0 Å². The van der Waals surface area contributed by atoms with Gasteiger partial charge in [0.25, 0.3) is 5.91 Å². The number of piperazine rings is 1. The van der Waals surface area contributed by atoms with Gasteiger partial charge in [-0.3, -0.25) is 9.59 Å². The Kier molecular flexibility index (Phi) is 5.10. The second kappa shape index (κ2) is 7.84. The molecule has 2 aromatic rings. The molecule has 0 bridgehead atoms. The van der Waals surface area contributed by atoms with Crippen molar-refractivity contribution in [2.45, 2.75) is 19.8 Å². The van der Waals surface area contributed by atoms with E-state index in [-0.39, 0.29) is 11.8 Å². The van der Waals surface area contributed by atoms with Crippen LogP contribution in [0.25, 0.3) is 0 Å². The number of hydrazone groups is 1. The maximum absolute atomic E-state index is 13.0. The van der Waals surface area contributed by atoms with Gasteiger partial charge in [0.1, 0.15) is 5.71 Å². The lowest BCUT2D eigenvalue weighted by Crippen LogP contribution is -2.51. The third-order valence-electron chi connectivity index (χ3n) is 5.21. The van der Waals surface area contributed by atoms with E-state index in [1.165, 1.54) is 10.7 Å². The normalized spacial score (nSPS) is 17.5. The summed E-state index contributed by atoms with van der Waals surface area (Å²) in [6, 6.07) is 17.9. The van der Waals surface area contributed by atoms with E-state index in [1.54, 1.807) is 0 Å². The Morgan fingerprint density at radius 3 is 2.32 bits per heavy atom. The molecule has 4 rings (SSSR count). The quantitative estimate of drug-likeness (QED) is 0.828. The Morgan fingerprint density at radius 2 is 1.61 bits per heavy atom. The molecule has 0 radical (unpaired) electrons. The summed E-state index contributed by atoms with van der Waals surface area (Å²) in [5, 5.41) is 5.80. The average molecular weight is 376 g/mol. The highest BCUT2D eigenvalue weighted by Crippen LogP contribution is 2.22. The zero-order valence-electron chi connectivity index (χ0n) is 16.0. The summed E-state index contributed by atoms with van der Waals surface area (Å²) in [6.07, 6.45) is 0.710. The third kappa shape index (κ3) is 3.76. The van der Waals surface area contributed by atoms with Crippen molar-refractivity contribution in [3.8, 4) is 0 Å². The summed E-state index contributed by atoms with van der Waals surface area (Å²) in [5.74, 6) is -0.131. The van der Waals surface area contributed by atoms with Gasteiger partial charge in [-0.05, 0) is 36.8 Å². The van der Waals surface area contributed by atoms with E-state index >= 15 is 0 Å². The van der Waals surface area contributed by atoms with E-state index in [0.717, 1.165) is 18.7 Å². The maximum atomic E-state index is 13.0. The summed E-state index contributed by atoms with van der Waals surface area (Å²) < 4.78 is 0. The van der Waals surface area contributed by atoms with Crippen molar-refractivity contribution in [2.75, 3.05) is 36.1 Å². The molecule has 0 aliphatic carbocycles. The molecule has 2 heterocycles. The molecule has 0 spiro atoms. The van der Waals surface area contributed by atoms with E-state index < -0.39 is 0 Å².